The van der Waals surface area contributed by atoms with Gasteiger partial charge in [-0.15, -0.1) is 11.3 Å². The largest absolute Gasteiger partial charge is 0.434 e. The van der Waals surface area contributed by atoms with Crippen LogP contribution in [0.1, 0.15) is 22.5 Å². The number of halogens is 3. The average molecular weight is 314 g/mol. The Bertz CT molecular complexity index is 580. The Hall–Kier alpha value is -0.670. The number of sulfonamides is 1. The number of aromatic nitrogens is 1. The first-order valence-electron chi connectivity index (χ1n) is 5.61. The highest BCUT2D eigenvalue weighted by Crippen LogP contribution is 2.36. The molecule has 1 unspecified atom stereocenters. The zero-order valence-corrected chi connectivity index (χ0v) is 12.0. The minimum atomic E-state index is -4.55. The number of alkyl halides is 3. The summed E-state index contributed by atoms with van der Waals surface area (Å²) in [7, 11) is -3.44. The standard InChI is InChI=1S/C10H13F3N2O2S2/c1-6-3-15(19(16,17)5-6)4-8-9(10(11,12)13)14-7(2)18-8/h6H,3-5H2,1-2H3. The Morgan fingerprint density at radius 3 is 2.58 bits per heavy atom. The van der Waals surface area contributed by atoms with Gasteiger partial charge < -0.3 is 0 Å². The van der Waals surface area contributed by atoms with Crippen LogP contribution >= 0.6 is 11.3 Å². The Labute approximate surface area is 113 Å². The van der Waals surface area contributed by atoms with Gasteiger partial charge in [-0.3, -0.25) is 0 Å². The van der Waals surface area contributed by atoms with Crippen molar-refractivity contribution in [3.8, 4) is 0 Å². The molecule has 0 radical (unpaired) electrons. The predicted octanol–water partition coefficient (Wildman–Crippen LogP) is 2.25. The Kier molecular flexibility index (Phi) is 3.65. The van der Waals surface area contributed by atoms with E-state index >= 15 is 0 Å². The van der Waals surface area contributed by atoms with Crippen molar-refractivity contribution >= 4 is 21.4 Å². The molecule has 0 aromatic carbocycles. The molecule has 9 heteroatoms. The third-order valence-corrected chi connectivity index (χ3v) is 5.81. The molecule has 0 saturated carbocycles. The van der Waals surface area contributed by atoms with Crippen LogP contribution in [0.5, 0.6) is 0 Å². The highest BCUT2D eigenvalue weighted by molar-refractivity contribution is 7.89. The van der Waals surface area contributed by atoms with Gasteiger partial charge in [0.05, 0.1) is 22.2 Å². The number of hydrogen-bond donors (Lipinski definition) is 0. The molecule has 1 fully saturated rings. The Morgan fingerprint density at radius 2 is 2.11 bits per heavy atom. The van der Waals surface area contributed by atoms with Crippen molar-refractivity contribution < 1.29 is 21.6 Å². The van der Waals surface area contributed by atoms with Crippen molar-refractivity contribution in [3.05, 3.63) is 15.6 Å². The normalized spacial score (nSPS) is 23.9. The van der Waals surface area contributed by atoms with E-state index in [4.69, 9.17) is 0 Å². The van der Waals surface area contributed by atoms with E-state index in [1.54, 1.807) is 6.92 Å². The van der Waals surface area contributed by atoms with Gasteiger partial charge in [-0.2, -0.15) is 17.5 Å². The van der Waals surface area contributed by atoms with Crippen molar-refractivity contribution in [2.24, 2.45) is 5.92 Å². The summed E-state index contributed by atoms with van der Waals surface area (Å²) < 4.78 is 63.0. The first-order valence-corrected chi connectivity index (χ1v) is 8.03. The van der Waals surface area contributed by atoms with E-state index in [0.29, 0.717) is 0 Å². The molecule has 19 heavy (non-hydrogen) atoms. The smallest absolute Gasteiger partial charge is 0.237 e. The van der Waals surface area contributed by atoms with E-state index in [1.165, 1.54) is 6.92 Å². The molecule has 1 aromatic rings. The minimum absolute atomic E-state index is 0.00780. The molecule has 0 bridgehead atoms. The van der Waals surface area contributed by atoms with Crippen LogP contribution in [0.15, 0.2) is 0 Å². The van der Waals surface area contributed by atoms with Crippen LogP contribution in [0.3, 0.4) is 0 Å². The third-order valence-electron chi connectivity index (χ3n) is 2.80. The van der Waals surface area contributed by atoms with E-state index in [-0.39, 0.29) is 34.6 Å². The van der Waals surface area contributed by atoms with Gasteiger partial charge in [-0.25, -0.2) is 13.4 Å². The lowest BCUT2D eigenvalue weighted by Gasteiger charge is -2.14. The second-order valence-electron chi connectivity index (χ2n) is 4.68. The highest BCUT2D eigenvalue weighted by Gasteiger charge is 2.40. The van der Waals surface area contributed by atoms with Gasteiger partial charge in [0.2, 0.25) is 10.0 Å². The van der Waals surface area contributed by atoms with Crippen LogP contribution in [-0.4, -0.2) is 30.0 Å². The lowest BCUT2D eigenvalue weighted by atomic mass is 10.2. The molecule has 0 amide bonds. The van der Waals surface area contributed by atoms with Gasteiger partial charge in [0, 0.05) is 6.54 Å². The lowest BCUT2D eigenvalue weighted by molar-refractivity contribution is -0.141. The zero-order chi connectivity index (χ0) is 14.4. The average Bonchev–Trinajstić information content (AvgIpc) is 2.67. The Morgan fingerprint density at radius 1 is 1.47 bits per heavy atom. The number of rotatable bonds is 2. The quantitative estimate of drug-likeness (QED) is 0.841. The third kappa shape index (κ3) is 3.09. The van der Waals surface area contributed by atoms with Crippen LogP contribution in [0.25, 0.3) is 0 Å². The summed E-state index contributed by atoms with van der Waals surface area (Å²) in [4.78, 5) is 3.42. The highest BCUT2D eigenvalue weighted by atomic mass is 32.2. The molecule has 2 rings (SSSR count). The number of aryl methyl sites for hydroxylation is 1. The van der Waals surface area contributed by atoms with E-state index in [0.717, 1.165) is 15.6 Å². The first-order chi connectivity index (χ1) is 8.59. The minimum Gasteiger partial charge on any atom is -0.237 e. The molecule has 108 valence electrons. The van der Waals surface area contributed by atoms with Crippen LogP contribution in [0.2, 0.25) is 0 Å². The molecule has 0 spiro atoms. The molecule has 1 atom stereocenters. The summed E-state index contributed by atoms with van der Waals surface area (Å²) in [5.41, 5.74) is -0.968. The fourth-order valence-corrected chi connectivity index (χ4v) is 5.00. The summed E-state index contributed by atoms with van der Waals surface area (Å²) in [6.07, 6.45) is -4.55. The molecule has 0 aliphatic carbocycles. The van der Waals surface area contributed by atoms with Gasteiger partial charge in [0.15, 0.2) is 5.69 Å². The van der Waals surface area contributed by atoms with Gasteiger partial charge in [-0.05, 0) is 12.8 Å². The van der Waals surface area contributed by atoms with Gasteiger partial charge in [-0.1, -0.05) is 6.92 Å². The maximum Gasteiger partial charge on any atom is 0.434 e. The molecule has 0 N–H and O–H groups in total. The zero-order valence-electron chi connectivity index (χ0n) is 10.4. The molecule has 1 aliphatic rings. The number of hydrogen-bond acceptors (Lipinski definition) is 4. The molecular formula is C10H13F3N2O2S2. The van der Waals surface area contributed by atoms with Crippen molar-refractivity contribution in [1.29, 1.82) is 0 Å². The summed E-state index contributed by atoms with van der Waals surface area (Å²) in [6, 6.07) is 0. The maximum atomic E-state index is 12.8. The van der Waals surface area contributed by atoms with Crippen molar-refractivity contribution in [1.82, 2.24) is 9.29 Å². The molecule has 1 aliphatic heterocycles. The lowest BCUT2D eigenvalue weighted by Crippen LogP contribution is -2.26. The van der Waals surface area contributed by atoms with E-state index in [1.807, 2.05) is 0 Å². The molecule has 2 heterocycles. The molecule has 1 saturated heterocycles. The summed E-state index contributed by atoms with van der Waals surface area (Å²) in [5.74, 6) is -0.0695. The van der Waals surface area contributed by atoms with Crippen molar-refractivity contribution in [3.63, 3.8) is 0 Å². The number of nitrogens with zero attached hydrogens (tertiary/aromatic N) is 2. The van der Waals surface area contributed by atoms with Gasteiger partial charge >= 0.3 is 6.18 Å². The van der Waals surface area contributed by atoms with Crippen molar-refractivity contribution in [2.75, 3.05) is 12.3 Å². The summed E-state index contributed by atoms with van der Waals surface area (Å²) in [5, 5.41) is 0.284. The van der Waals surface area contributed by atoms with Crippen LogP contribution in [0.4, 0.5) is 13.2 Å². The SMILES string of the molecule is Cc1nc(C(F)(F)F)c(CN2CC(C)CS2(=O)=O)s1. The fourth-order valence-electron chi connectivity index (χ4n) is 2.10. The topological polar surface area (TPSA) is 50.3 Å². The number of thiazole rings is 1. The van der Waals surface area contributed by atoms with Gasteiger partial charge in [0.25, 0.3) is 0 Å². The van der Waals surface area contributed by atoms with Crippen molar-refractivity contribution in [2.45, 2.75) is 26.6 Å². The maximum absolute atomic E-state index is 12.8. The summed E-state index contributed by atoms with van der Waals surface area (Å²) in [6.45, 7) is 3.26. The van der Waals surface area contributed by atoms with E-state index in [2.05, 4.69) is 4.98 Å². The van der Waals surface area contributed by atoms with Crippen LogP contribution < -0.4 is 0 Å². The van der Waals surface area contributed by atoms with Gasteiger partial charge in [0.1, 0.15) is 0 Å². The van der Waals surface area contributed by atoms with E-state index < -0.39 is 21.9 Å². The molecule has 1 aromatic heterocycles. The van der Waals surface area contributed by atoms with Crippen LogP contribution in [0, 0.1) is 12.8 Å². The first kappa shape index (κ1) is 14.7. The second kappa shape index (κ2) is 4.71. The molecular weight excluding hydrogens is 301 g/mol. The predicted molar refractivity (Wildman–Crippen MR) is 65.2 cm³/mol. The fraction of sp³-hybridized carbons (Fsp3) is 0.700. The summed E-state index contributed by atoms with van der Waals surface area (Å²) >= 11 is 0.893. The second-order valence-corrected chi connectivity index (χ2v) is 7.98. The van der Waals surface area contributed by atoms with E-state index in [9.17, 15) is 21.6 Å². The van der Waals surface area contributed by atoms with Crippen LogP contribution in [-0.2, 0) is 22.7 Å². The molecule has 4 nitrogen and oxygen atoms in total. The monoisotopic (exact) mass is 314 g/mol. The Balaban J connectivity index is 2.30.